The Morgan fingerprint density at radius 1 is 0.262 bits per heavy atom. The summed E-state index contributed by atoms with van der Waals surface area (Å²) in [6, 6.07) is 60.1. The van der Waals surface area contributed by atoms with Gasteiger partial charge in [0.15, 0.2) is 34.9 Å². The molecule has 0 aliphatic carbocycles. The van der Waals surface area contributed by atoms with Gasteiger partial charge in [-0.2, -0.15) is 0 Å². The highest BCUT2D eigenvalue weighted by atomic mass is 16.3. The van der Waals surface area contributed by atoms with Gasteiger partial charge in [-0.1, -0.05) is 170 Å². The fourth-order valence-electron chi connectivity index (χ4n) is 7.49. The molecule has 0 aliphatic rings. The molecule has 0 fully saturated rings. The number of aromatic nitrogens is 8. The molecule has 0 atom stereocenters. The molecule has 6 aromatic carbocycles. The molecule has 0 amide bonds. The lowest BCUT2D eigenvalue weighted by Crippen LogP contribution is -2.01. The van der Waals surface area contributed by atoms with E-state index in [2.05, 4.69) is 36.4 Å². The summed E-state index contributed by atoms with van der Waals surface area (Å²) in [6.45, 7) is 0. The van der Waals surface area contributed by atoms with Crippen LogP contribution in [0.3, 0.4) is 0 Å². The van der Waals surface area contributed by atoms with Gasteiger partial charge in [-0.3, -0.25) is 9.97 Å². The van der Waals surface area contributed by atoms with Gasteiger partial charge < -0.3 is 4.42 Å². The van der Waals surface area contributed by atoms with Gasteiger partial charge in [-0.05, 0) is 12.1 Å². The van der Waals surface area contributed by atoms with Crippen LogP contribution in [0.2, 0.25) is 0 Å². The van der Waals surface area contributed by atoms with E-state index in [0.717, 1.165) is 66.4 Å². The first-order valence-corrected chi connectivity index (χ1v) is 19.8. The summed E-state index contributed by atoms with van der Waals surface area (Å²) in [5, 5.41) is 2.01. The number of pyridine rings is 2. The van der Waals surface area contributed by atoms with Crippen molar-refractivity contribution in [2.45, 2.75) is 0 Å². The molecule has 5 aromatic heterocycles. The molecule has 5 heterocycles. The van der Waals surface area contributed by atoms with Crippen molar-refractivity contribution in [2.75, 3.05) is 0 Å². The average Bonchev–Trinajstić information content (AvgIpc) is 3.74. The summed E-state index contributed by atoms with van der Waals surface area (Å²) in [5.41, 5.74) is 10.1. The number of fused-ring (bicyclic) bond motifs is 3. The van der Waals surface area contributed by atoms with E-state index >= 15 is 0 Å². The Kier molecular flexibility index (Phi) is 8.94. The smallest absolute Gasteiger partial charge is 0.182 e. The van der Waals surface area contributed by atoms with Gasteiger partial charge in [-0.15, -0.1) is 0 Å². The Morgan fingerprint density at radius 2 is 0.590 bits per heavy atom. The predicted molar refractivity (Wildman–Crippen MR) is 240 cm³/mol. The minimum Gasteiger partial charge on any atom is -0.455 e. The molecule has 61 heavy (non-hydrogen) atoms. The van der Waals surface area contributed by atoms with Crippen molar-refractivity contribution >= 4 is 21.9 Å². The number of rotatable bonds is 8. The Morgan fingerprint density at radius 3 is 0.902 bits per heavy atom. The van der Waals surface area contributed by atoms with Crippen LogP contribution in [0.15, 0.2) is 199 Å². The second kappa shape index (κ2) is 15.3. The molecule has 11 aromatic rings. The van der Waals surface area contributed by atoms with Crippen LogP contribution in [0, 0.1) is 0 Å². The minimum absolute atomic E-state index is 0.495. The maximum Gasteiger partial charge on any atom is 0.182 e. The zero-order valence-corrected chi connectivity index (χ0v) is 32.5. The molecular formula is C52H32N8O. The summed E-state index contributed by atoms with van der Waals surface area (Å²) in [4.78, 5) is 38.8. The van der Waals surface area contributed by atoms with E-state index in [0.29, 0.717) is 46.3 Å². The predicted octanol–water partition coefficient (Wildman–Crippen LogP) is 12.1. The van der Waals surface area contributed by atoms with Crippen molar-refractivity contribution in [1.82, 2.24) is 39.9 Å². The van der Waals surface area contributed by atoms with E-state index in [1.807, 2.05) is 158 Å². The molecule has 0 radical (unpaired) electrons. The molecular weight excluding hydrogens is 753 g/mol. The summed E-state index contributed by atoms with van der Waals surface area (Å²) in [7, 11) is 0. The van der Waals surface area contributed by atoms with E-state index in [-0.39, 0.29) is 0 Å². The van der Waals surface area contributed by atoms with Gasteiger partial charge in [0.05, 0.1) is 0 Å². The van der Waals surface area contributed by atoms with Crippen molar-refractivity contribution < 1.29 is 4.42 Å². The lowest BCUT2D eigenvalue weighted by atomic mass is 10.0. The number of para-hydroxylation sites is 2. The number of nitrogens with zero attached hydrogens (tertiary/aromatic N) is 8. The van der Waals surface area contributed by atoms with Crippen molar-refractivity contribution in [3.63, 3.8) is 0 Å². The maximum absolute atomic E-state index is 6.79. The highest BCUT2D eigenvalue weighted by Crippen LogP contribution is 2.40. The molecule has 0 unspecified atom stereocenters. The zero-order chi connectivity index (χ0) is 40.5. The van der Waals surface area contributed by atoms with E-state index < -0.39 is 0 Å². The molecule has 9 heteroatoms. The first-order chi connectivity index (χ1) is 30.2. The van der Waals surface area contributed by atoms with Crippen LogP contribution in [0.1, 0.15) is 0 Å². The van der Waals surface area contributed by atoms with Gasteiger partial charge in [0, 0.05) is 67.7 Å². The lowest BCUT2D eigenvalue weighted by molar-refractivity contribution is 0.671. The van der Waals surface area contributed by atoms with Crippen molar-refractivity contribution in [2.24, 2.45) is 0 Å². The first-order valence-electron chi connectivity index (χ1n) is 19.8. The third-order valence-electron chi connectivity index (χ3n) is 10.5. The van der Waals surface area contributed by atoms with Crippen LogP contribution in [-0.2, 0) is 0 Å². The molecule has 0 bridgehead atoms. The van der Waals surface area contributed by atoms with Crippen LogP contribution in [0.25, 0.3) is 113 Å². The SMILES string of the molecule is c1ccc(-c2nc(-c3ccccc3)nc(-c3ccc(-c4cccc5c4oc4c(-c6ccc(-c7nc(-c8ccccc8)nc(-c8ccccc8)n7)nc6)cccc45)cn3)n2)cc1. The first kappa shape index (κ1) is 35.6. The van der Waals surface area contributed by atoms with Crippen LogP contribution < -0.4 is 0 Å². The van der Waals surface area contributed by atoms with E-state index in [1.165, 1.54) is 0 Å². The Balaban J connectivity index is 0.941. The van der Waals surface area contributed by atoms with E-state index in [1.54, 1.807) is 0 Å². The van der Waals surface area contributed by atoms with E-state index in [9.17, 15) is 0 Å². The topological polar surface area (TPSA) is 116 Å². The monoisotopic (exact) mass is 784 g/mol. The summed E-state index contributed by atoms with van der Waals surface area (Å²) in [5.74, 6) is 3.33. The Labute approximate surface area is 350 Å². The largest absolute Gasteiger partial charge is 0.455 e. The average molecular weight is 785 g/mol. The van der Waals surface area contributed by atoms with Crippen LogP contribution in [0.4, 0.5) is 0 Å². The highest BCUT2D eigenvalue weighted by molar-refractivity contribution is 6.13. The second-order valence-corrected chi connectivity index (χ2v) is 14.4. The molecule has 9 nitrogen and oxygen atoms in total. The van der Waals surface area contributed by atoms with Gasteiger partial charge in [0.1, 0.15) is 22.6 Å². The van der Waals surface area contributed by atoms with Crippen LogP contribution >= 0.6 is 0 Å². The summed E-state index contributed by atoms with van der Waals surface area (Å²) < 4.78 is 6.79. The molecule has 0 saturated heterocycles. The van der Waals surface area contributed by atoms with Crippen LogP contribution in [0.5, 0.6) is 0 Å². The normalized spacial score (nSPS) is 11.3. The number of hydrogen-bond donors (Lipinski definition) is 0. The van der Waals surface area contributed by atoms with Gasteiger partial charge >= 0.3 is 0 Å². The number of furan rings is 1. The quantitative estimate of drug-likeness (QED) is 0.148. The Hall–Kier alpha value is -8.56. The summed E-state index contributed by atoms with van der Waals surface area (Å²) in [6.07, 6.45) is 3.70. The van der Waals surface area contributed by atoms with Crippen molar-refractivity contribution in [1.29, 1.82) is 0 Å². The molecule has 286 valence electrons. The van der Waals surface area contributed by atoms with Gasteiger partial charge in [0.2, 0.25) is 0 Å². The molecule has 11 rings (SSSR count). The van der Waals surface area contributed by atoms with Gasteiger partial charge in [0.25, 0.3) is 0 Å². The lowest BCUT2D eigenvalue weighted by Gasteiger charge is -2.09. The second-order valence-electron chi connectivity index (χ2n) is 14.4. The zero-order valence-electron chi connectivity index (χ0n) is 32.5. The van der Waals surface area contributed by atoms with Crippen molar-refractivity contribution in [3.05, 3.63) is 194 Å². The number of benzene rings is 6. The minimum atomic E-state index is 0.495. The third-order valence-corrected chi connectivity index (χ3v) is 10.5. The van der Waals surface area contributed by atoms with E-state index in [4.69, 9.17) is 44.3 Å². The van der Waals surface area contributed by atoms with Gasteiger partial charge in [-0.25, -0.2) is 29.9 Å². The fourth-order valence-corrected chi connectivity index (χ4v) is 7.49. The number of hydrogen-bond acceptors (Lipinski definition) is 9. The summed E-state index contributed by atoms with van der Waals surface area (Å²) >= 11 is 0. The molecule has 0 N–H and O–H groups in total. The molecule has 0 spiro atoms. The molecule has 0 aliphatic heterocycles. The maximum atomic E-state index is 6.79. The Bertz CT molecular complexity index is 2980. The van der Waals surface area contributed by atoms with Crippen molar-refractivity contribution in [3.8, 4) is 90.8 Å². The van der Waals surface area contributed by atoms with Crippen LogP contribution in [-0.4, -0.2) is 39.9 Å². The highest BCUT2D eigenvalue weighted by Gasteiger charge is 2.19. The standard InChI is InChI=1S/C52H32N8O/c1-5-15-33(16-6-1)47-55-48(34-17-7-2-8-18-34)58-51(57-47)43-29-27-37(31-53-43)39-23-13-25-41-42-26-14-24-40(46(42)61-45(39)41)38-28-30-44(54-32-38)52-59-49(35-19-9-3-10-20-35)56-50(60-52)36-21-11-4-12-22-36/h1-32H. The third kappa shape index (κ3) is 6.85. The fraction of sp³-hybridized carbons (Fsp3) is 0. The molecule has 0 saturated carbocycles.